The minimum atomic E-state index is -1.11. The number of amides is 3. The number of hydrogen-bond donors (Lipinski definition) is 2. The summed E-state index contributed by atoms with van der Waals surface area (Å²) < 4.78 is 60.1. The van der Waals surface area contributed by atoms with Crippen LogP contribution in [0, 0.1) is 17.5 Å². The van der Waals surface area contributed by atoms with Crippen molar-refractivity contribution in [3.05, 3.63) is 107 Å². The van der Waals surface area contributed by atoms with Gasteiger partial charge in [0.05, 0.1) is 19.3 Å². The van der Waals surface area contributed by atoms with Crippen LogP contribution in [-0.4, -0.2) is 66.6 Å². The van der Waals surface area contributed by atoms with Gasteiger partial charge in [0.2, 0.25) is 0 Å². The molecule has 2 N–H and O–H groups in total. The zero-order valence-electron chi connectivity index (χ0n) is 25.1. The summed E-state index contributed by atoms with van der Waals surface area (Å²) in [4.78, 5) is 44.5. The summed E-state index contributed by atoms with van der Waals surface area (Å²) >= 11 is 0. The molecule has 0 saturated carbocycles. The third kappa shape index (κ3) is 7.13. The largest absolute Gasteiger partial charge is 0.496 e. The lowest BCUT2D eigenvalue weighted by molar-refractivity contribution is -0.123. The average molecular weight is 647 g/mol. The molecule has 242 valence electrons. The highest BCUT2D eigenvalue weighted by Gasteiger charge is 2.36. The van der Waals surface area contributed by atoms with Gasteiger partial charge in [0.25, 0.3) is 17.7 Å². The van der Waals surface area contributed by atoms with Gasteiger partial charge in [-0.25, -0.2) is 18.2 Å². The van der Waals surface area contributed by atoms with E-state index in [1.54, 1.807) is 48.5 Å². The number of aromatic nitrogens is 1. The van der Waals surface area contributed by atoms with Gasteiger partial charge in [-0.05, 0) is 53.6 Å². The molecule has 0 radical (unpaired) electrons. The van der Waals surface area contributed by atoms with E-state index >= 15 is 0 Å². The van der Waals surface area contributed by atoms with Gasteiger partial charge in [0.15, 0.2) is 18.1 Å². The van der Waals surface area contributed by atoms with Crippen LogP contribution in [0.4, 0.5) is 13.2 Å². The van der Waals surface area contributed by atoms with E-state index in [-0.39, 0.29) is 44.0 Å². The molecule has 10 nitrogen and oxygen atoms in total. The Morgan fingerprint density at radius 2 is 1.83 bits per heavy atom. The number of carbonyl (C=O) groups excluding carboxylic acids is 3. The van der Waals surface area contributed by atoms with E-state index in [1.165, 1.54) is 24.1 Å². The number of carbonyl (C=O) groups is 3. The third-order valence-corrected chi connectivity index (χ3v) is 7.85. The molecule has 1 aromatic heterocycles. The van der Waals surface area contributed by atoms with Gasteiger partial charge in [-0.15, -0.1) is 0 Å². The Morgan fingerprint density at radius 3 is 2.64 bits per heavy atom. The Bertz CT molecular complexity index is 1850. The Labute approximate surface area is 267 Å². The Balaban J connectivity index is 1.37. The van der Waals surface area contributed by atoms with Gasteiger partial charge in [-0.3, -0.25) is 14.4 Å². The number of pyridine rings is 1. The van der Waals surface area contributed by atoms with Crippen molar-refractivity contribution in [1.82, 2.24) is 20.5 Å². The van der Waals surface area contributed by atoms with Crippen LogP contribution < -0.4 is 24.8 Å². The van der Waals surface area contributed by atoms with E-state index in [0.717, 1.165) is 6.20 Å². The van der Waals surface area contributed by atoms with E-state index in [9.17, 15) is 27.6 Å². The normalized spacial score (nSPS) is 18.2. The maximum atomic E-state index is 14.7. The maximum Gasteiger partial charge on any atom is 0.275 e. The number of nitrogens with zero attached hydrogens (tertiary/aromatic N) is 2. The number of hydrogen-bond acceptors (Lipinski definition) is 7. The minimum absolute atomic E-state index is 0.0112. The number of benzene rings is 3. The first-order valence-corrected chi connectivity index (χ1v) is 14.7. The van der Waals surface area contributed by atoms with Crippen molar-refractivity contribution in [1.29, 1.82) is 0 Å². The molecule has 3 heterocycles. The fraction of sp³-hybridized carbons (Fsp3) is 0.235. The van der Waals surface area contributed by atoms with Crippen molar-refractivity contribution >= 4 is 17.7 Å². The molecular formula is C34H29F3N4O6. The molecule has 0 unspecified atom stereocenters. The van der Waals surface area contributed by atoms with Crippen molar-refractivity contribution in [2.75, 3.05) is 26.8 Å². The Morgan fingerprint density at radius 1 is 0.979 bits per heavy atom. The molecule has 3 aromatic carbocycles. The summed E-state index contributed by atoms with van der Waals surface area (Å²) in [6.45, 7) is -0.343. The molecular weight excluding hydrogens is 617 g/mol. The van der Waals surface area contributed by atoms with E-state index in [0.29, 0.717) is 34.3 Å². The van der Waals surface area contributed by atoms with Crippen molar-refractivity contribution in [2.24, 2.45) is 0 Å². The van der Waals surface area contributed by atoms with Gasteiger partial charge < -0.3 is 29.7 Å². The molecule has 4 aromatic rings. The highest BCUT2D eigenvalue weighted by molar-refractivity contribution is 5.97. The van der Waals surface area contributed by atoms with Crippen LogP contribution >= 0.6 is 0 Å². The number of fused-ring (bicyclic) bond motifs is 8. The monoisotopic (exact) mass is 646 g/mol. The molecule has 1 saturated heterocycles. The standard InChI is InChI=1S/C34H29F3N4O6/c1-45-29-6-5-21-12-26(29)20-3-2-4-24(11-20)46-18-31(42)38-15-19-9-22(35)13-25(10-19)47-30-7-8-41(17-28(30)40-33(21)43)34(44)32-27(37)14-23(36)16-39-32/h2-6,9-14,16,28,30H,7-8,15,17-18H2,1H3,(H,38,42)(H,40,43)/t28-,30-/m1/s1. The molecule has 0 aliphatic carbocycles. The van der Waals surface area contributed by atoms with Crippen LogP contribution in [-0.2, 0) is 11.3 Å². The van der Waals surface area contributed by atoms with Crippen LogP contribution in [0.5, 0.6) is 17.2 Å². The first-order chi connectivity index (χ1) is 22.7. The van der Waals surface area contributed by atoms with Crippen molar-refractivity contribution < 1.29 is 41.8 Å². The zero-order chi connectivity index (χ0) is 33.1. The number of likely N-dealkylation sites (tertiary alicyclic amines) is 1. The molecule has 0 spiro atoms. The fourth-order valence-corrected chi connectivity index (χ4v) is 5.56. The van der Waals surface area contributed by atoms with Crippen molar-refractivity contribution in [2.45, 2.75) is 25.1 Å². The average Bonchev–Trinajstić information content (AvgIpc) is 3.06. The van der Waals surface area contributed by atoms with Gasteiger partial charge in [-0.1, -0.05) is 12.1 Å². The number of nitrogens with one attached hydrogen (secondary N) is 2. The third-order valence-electron chi connectivity index (χ3n) is 7.85. The summed E-state index contributed by atoms with van der Waals surface area (Å²) in [6, 6.07) is 15.5. The van der Waals surface area contributed by atoms with Crippen molar-refractivity contribution in [3.8, 4) is 28.4 Å². The van der Waals surface area contributed by atoms with Gasteiger partial charge in [-0.2, -0.15) is 0 Å². The first-order valence-electron chi connectivity index (χ1n) is 14.7. The molecule has 6 bridgehead atoms. The van der Waals surface area contributed by atoms with Gasteiger partial charge in [0.1, 0.15) is 35.0 Å². The topological polar surface area (TPSA) is 119 Å². The maximum absolute atomic E-state index is 14.7. The number of piperidine rings is 1. The highest BCUT2D eigenvalue weighted by Crippen LogP contribution is 2.33. The lowest BCUT2D eigenvalue weighted by Gasteiger charge is -2.38. The van der Waals surface area contributed by atoms with Crippen LogP contribution in [0.2, 0.25) is 0 Å². The van der Waals surface area contributed by atoms with E-state index in [4.69, 9.17) is 14.2 Å². The summed E-state index contributed by atoms with van der Waals surface area (Å²) in [6.07, 6.45) is 0.169. The van der Waals surface area contributed by atoms with Crippen LogP contribution in [0.1, 0.15) is 32.8 Å². The second-order valence-corrected chi connectivity index (χ2v) is 11.1. The second kappa shape index (κ2) is 13.4. The predicted molar refractivity (Wildman–Crippen MR) is 163 cm³/mol. The summed E-state index contributed by atoms with van der Waals surface area (Å²) in [5, 5.41) is 5.63. The minimum Gasteiger partial charge on any atom is -0.496 e. The molecule has 3 amide bonds. The Kier molecular flexibility index (Phi) is 8.96. The quantitative estimate of drug-likeness (QED) is 0.334. The first kappa shape index (κ1) is 31.4. The molecule has 2 atom stereocenters. The molecule has 1 fully saturated rings. The molecule has 47 heavy (non-hydrogen) atoms. The van der Waals surface area contributed by atoms with Crippen LogP contribution in [0.3, 0.4) is 0 Å². The lowest BCUT2D eigenvalue weighted by atomic mass is 9.99. The van der Waals surface area contributed by atoms with E-state index < -0.39 is 53.0 Å². The van der Waals surface area contributed by atoms with Crippen LogP contribution in [0.15, 0.2) is 72.9 Å². The second-order valence-electron chi connectivity index (χ2n) is 11.1. The van der Waals surface area contributed by atoms with Gasteiger partial charge >= 0.3 is 0 Å². The summed E-state index contributed by atoms with van der Waals surface area (Å²) in [5.74, 6) is -3.36. The Hall–Kier alpha value is -5.59. The number of rotatable bonds is 2. The predicted octanol–water partition coefficient (Wildman–Crippen LogP) is 4.28. The molecule has 13 heteroatoms. The summed E-state index contributed by atoms with van der Waals surface area (Å²) in [5.41, 5.74) is 1.35. The highest BCUT2D eigenvalue weighted by atomic mass is 19.1. The summed E-state index contributed by atoms with van der Waals surface area (Å²) in [7, 11) is 1.50. The van der Waals surface area contributed by atoms with E-state index in [2.05, 4.69) is 15.6 Å². The lowest BCUT2D eigenvalue weighted by Crippen LogP contribution is -2.58. The number of ether oxygens (including phenoxy) is 3. The smallest absolute Gasteiger partial charge is 0.275 e. The number of halogens is 3. The van der Waals surface area contributed by atoms with Crippen LogP contribution in [0.25, 0.3) is 11.1 Å². The zero-order valence-corrected chi connectivity index (χ0v) is 25.1. The molecule has 2 aliphatic rings. The number of methoxy groups -OCH3 is 1. The van der Waals surface area contributed by atoms with Crippen molar-refractivity contribution in [3.63, 3.8) is 0 Å². The fourth-order valence-electron chi connectivity index (χ4n) is 5.56. The van der Waals surface area contributed by atoms with Gasteiger partial charge in [0, 0.05) is 49.3 Å². The molecule has 6 rings (SSSR count). The van der Waals surface area contributed by atoms with E-state index in [1.807, 2.05) is 0 Å². The SMILES string of the molecule is COc1ccc2cc1-c1cccc(c1)OCC(=O)NCc1cc(F)cc(c1)O[C@@H]1CCN(C(=O)c3ncc(F)cc3F)C[C@H]1NC2=O. The molecule has 2 aliphatic heterocycles.